The molecule has 1 heterocycles. The van der Waals surface area contributed by atoms with Gasteiger partial charge < -0.3 is 4.74 Å². The molecule has 0 saturated carbocycles. The summed E-state index contributed by atoms with van der Waals surface area (Å²) in [6, 6.07) is 0. The highest BCUT2D eigenvalue weighted by molar-refractivity contribution is 9.11. The van der Waals surface area contributed by atoms with Crippen LogP contribution < -0.4 is 0 Å². The minimum absolute atomic E-state index is 0.661. The molecule has 0 spiro atoms. The van der Waals surface area contributed by atoms with Crippen molar-refractivity contribution in [2.45, 2.75) is 6.42 Å². The molecular weight excluding hydrogens is 168 g/mol. The van der Waals surface area contributed by atoms with E-state index in [9.17, 15) is 0 Å². The van der Waals surface area contributed by atoms with E-state index in [-0.39, 0.29) is 0 Å². The molecule has 1 saturated heterocycles. The van der Waals surface area contributed by atoms with Crippen molar-refractivity contribution in [3.05, 3.63) is 11.1 Å². The molecule has 0 aromatic rings. The molecule has 1 atom stereocenters. The molecule has 1 fully saturated rings. The molecule has 1 rings (SSSR count). The first-order valence-electron chi connectivity index (χ1n) is 2.78. The van der Waals surface area contributed by atoms with Crippen LogP contribution in [0.25, 0.3) is 0 Å². The molecule has 0 amide bonds. The van der Waals surface area contributed by atoms with Gasteiger partial charge in [-0.25, -0.2) is 0 Å². The van der Waals surface area contributed by atoms with Crippen LogP contribution in [-0.2, 0) is 4.74 Å². The maximum Gasteiger partial charge on any atom is 0.0529 e. The van der Waals surface area contributed by atoms with Crippen molar-refractivity contribution >= 4 is 15.9 Å². The van der Waals surface area contributed by atoms with Crippen LogP contribution in [0, 0.1) is 5.92 Å². The van der Waals surface area contributed by atoms with Crippen LogP contribution in [0.5, 0.6) is 0 Å². The summed E-state index contributed by atoms with van der Waals surface area (Å²) in [7, 11) is 0. The van der Waals surface area contributed by atoms with Gasteiger partial charge in [-0.05, 0) is 11.4 Å². The predicted molar refractivity (Wildman–Crippen MR) is 37.0 cm³/mol. The summed E-state index contributed by atoms with van der Waals surface area (Å²) in [5.74, 6) is 0.661. The van der Waals surface area contributed by atoms with E-state index in [1.165, 1.54) is 6.42 Å². The lowest BCUT2D eigenvalue weighted by atomic mass is 10.1. The Hall–Kier alpha value is 0.180. The number of ether oxygens (including phenoxy) is 1. The molecular formula is C6H9BrO. The molecule has 0 aromatic heterocycles. The number of halogens is 1. The van der Waals surface area contributed by atoms with Crippen molar-refractivity contribution in [1.29, 1.82) is 0 Å². The van der Waals surface area contributed by atoms with Gasteiger partial charge in [-0.15, -0.1) is 0 Å². The molecule has 2 heteroatoms. The molecule has 0 N–H and O–H groups in total. The van der Waals surface area contributed by atoms with Crippen molar-refractivity contribution in [2.24, 2.45) is 5.92 Å². The number of hydrogen-bond donors (Lipinski definition) is 0. The van der Waals surface area contributed by atoms with Gasteiger partial charge in [0, 0.05) is 12.5 Å². The van der Waals surface area contributed by atoms with Crippen LogP contribution in [0.1, 0.15) is 6.42 Å². The lowest BCUT2D eigenvalue weighted by molar-refractivity contribution is 0.191. The molecule has 0 aliphatic carbocycles. The Labute approximate surface area is 57.8 Å². The van der Waals surface area contributed by atoms with E-state index < -0.39 is 0 Å². The van der Waals surface area contributed by atoms with Gasteiger partial charge in [0.15, 0.2) is 0 Å². The Morgan fingerprint density at radius 3 is 3.00 bits per heavy atom. The third-order valence-electron chi connectivity index (χ3n) is 1.31. The van der Waals surface area contributed by atoms with Gasteiger partial charge in [-0.2, -0.15) is 0 Å². The predicted octanol–water partition coefficient (Wildman–Crippen LogP) is 1.93. The molecule has 8 heavy (non-hydrogen) atoms. The summed E-state index contributed by atoms with van der Waals surface area (Å²) >= 11 is 3.22. The third kappa shape index (κ3) is 1.60. The number of rotatable bonds is 1. The van der Waals surface area contributed by atoms with Gasteiger partial charge in [0.1, 0.15) is 0 Å². The maximum absolute atomic E-state index is 5.14. The highest BCUT2D eigenvalue weighted by Gasteiger charge is 2.10. The third-order valence-corrected chi connectivity index (χ3v) is 1.62. The van der Waals surface area contributed by atoms with Crippen LogP contribution in [0.4, 0.5) is 0 Å². The quantitative estimate of drug-likeness (QED) is 0.594. The lowest BCUT2D eigenvalue weighted by Crippen LogP contribution is -1.91. The second-order valence-corrected chi connectivity index (χ2v) is 2.47. The molecule has 1 nitrogen and oxygen atoms in total. The largest absolute Gasteiger partial charge is 0.381 e. The Morgan fingerprint density at radius 2 is 2.50 bits per heavy atom. The van der Waals surface area contributed by atoms with E-state index in [4.69, 9.17) is 4.74 Å². The molecule has 0 aromatic carbocycles. The first-order chi connectivity index (χ1) is 3.93. The zero-order valence-electron chi connectivity index (χ0n) is 4.64. The monoisotopic (exact) mass is 176 g/mol. The highest BCUT2D eigenvalue weighted by atomic mass is 79.9. The van der Waals surface area contributed by atoms with Crippen molar-refractivity contribution in [1.82, 2.24) is 0 Å². The minimum Gasteiger partial charge on any atom is -0.381 e. The molecule has 46 valence electrons. The van der Waals surface area contributed by atoms with Gasteiger partial charge in [-0.1, -0.05) is 22.0 Å². The summed E-state index contributed by atoms with van der Waals surface area (Å²) in [5, 5.41) is 0. The van der Waals surface area contributed by atoms with Gasteiger partial charge in [0.2, 0.25) is 0 Å². The average molecular weight is 177 g/mol. The first kappa shape index (κ1) is 6.30. The molecule has 0 radical (unpaired) electrons. The average Bonchev–Trinajstić information content (AvgIpc) is 2.19. The fraction of sp³-hybridized carbons (Fsp3) is 0.667. The van der Waals surface area contributed by atoms with Gasteiger partial charge in [-0.3, -0.25) is 0 Å². The molecule has 1 aliphatic rings. The molecule has 1 unspecified atom stereocenters. The van der Waals surface area contributed by atoms with Crippen molar-refractivity contribution < 1.29 is 4.74 Å². The topological polar surface area (TPSA) is 9.23 Å². The summed E-state index contributed by atoms with van der Waals surface area (Å²) in [5.41, 5.74) is 0. The Morgan fingerprint density at radius 1 is 1.62 bits per heavy atom. The zero-order valence-corrected chi connectivity index (χ0v) is 6.23. The van der Waals surface area contributed by atoms with E-state index in [0.717, 1.165) is 13.2 Å². The van der Waals surface area contributed by atoms with Gasteiger partial charge in [0.25, 0.3) is 0 Å². The molecule has 1 aliphatic heterocycles. The summed E-state index contributed by atoms with van der Waals surface area (Å²) in [4.78, 5) is 1.91. The van der Waals surface area contributed by atoms with Crippen molar-refractivity contribution in [3.8, 4) is 0 Å². The molecule has 0 bridgehead atoms. The van der Waals surface area contributed by atoms with E-state index in [1.807, 2.05) is 4.99 Å². The SMILES string of the molecule is Br/C=C/C1CCOC1. The minimum atomic E-state index is 0.661. The number of hydrogen-bond acceptors (Lipinski definition) is 1. The lowest BCUT2D eigenvalue weighted by Gasteiger charge is -1.93. The van der Waals surface area contributed by atoms with E-state index in [2.05, 4.69) is 22.0 Å². The van der Waals surface area contributed by atoms with Gasteiger partial charge in [0.05, 0.1) is 6.61 Å². The Kier molecular flexibility index (Phi) is 2.56. The standard InChI is InChI=1S/C6H9BrO/c7-3-1-6-2-4-8-5-6/h1,3,6H,2,4-5H2/b3-1+. The van der Waals surface area contributed by atoms with Crippen LogP contribution in [0.15, 0.2) is 11.1 Å². The van der Waals surface area contributed by atoms with Crippen molar-refractivity contribution in [2.75, 3.05) is 13.2 Å². The van der Waals surface area contributed by atoms with Gasteiger partial charge >= 0.3 is 0 Å². The van der Waals surface area contributed by atoms with Crippen LogP contribution in [0.2, 0.25) is 0 Å². The van der Waals surface area contributed by atoms with E-state index in [1.54, 1.807) is 0 Å². The fourth-order valence-electron chi connectivity index (χ4n) is 0.807. The Bertz CT molecular complexity index is 84.5. The maximum atomic E-state index is 5.14. The smallest absolute Gasteiger partial charge is 0.0529 e. The summed E-state index contributed by atoms with van der Waals surface area (Å²) < 4.78 is 5.14. The Balaban J connectivity index is 2.24. The second-order valence-electron chi connectivity index (χ2n) is 1.94. The summed E-state index contributed by atoms with van der Waals surface area (Å²) in [6.07, 6.45) is 3.31. The summed E-state index contributed by atoms with van der Waals surface area (Å²) in [6.45, 7) is 1.84. The fourth-order valence-corrected chi connectivity index (χ4v) is 1.24. The van der Waals surface area contributed by atoms with E-state index >= 15 is 0 Å². The second kappa shape index (κ2) is 3.25. The van der Waals surface area contributed by atoms with Crippen LogP contribution in [0.3, 0.4) is 0 Å². The van der Waals surface area contributed by atoms with Crippen molar-refractivity contribution in [3.63, 3.8) is 0 Å². The van der Waals surface area contributed by atoms with E-state index in [0.29, 0.717) is 5.92 Å². The van der Waals surface area contributed by atoms with Crippen LogP contribution in [-0.4, -0.2) is 13.2 Å². The first-order valence-corrected chi connectivity index (χ1v) is 3.69. The highest BCUT2D eigenvalue weighted by Crippen LogP contribution is 2.13. The zero-order chi connectivity index (χ0) is 5.82. The normalized spacial score (nSPS) is 29.9. The van der Waals surface area contributed by atoms with Crippen LogP contribution >= 0.6 is 15.9 Å².